The first-order chi connectivity index (χ1) is 13.4. The normalized spacial score (nSPS) is 21.9. The van der Waals surface area contributed by atoms with Crippen molar-refractivity contribution in [2.24, 2.45) is 0 Å². The van der Waals surface area contributed by atoms with Crippen LogP contribution in [0.5, 0.6) is 5.75 Å². The second-order valence-corrected chi connectivity index (χ2v) is 8.88. The molecule has 28 heavy (non-hydrogen) atoms. The quantitative estimate of drug-likeness (QED) is 0.798. The van der Waals surface area contributed by atoms with Gasteiger partial charge in [0.2, 0.25) is 0 Å². The maximum absolute atomic E-state index is 12.1. The van der Waals surface area contributed by atoms with Crippen LogP contribution in [0.1, 0.15) is 52.9 Å². The molecule has 1 heterocycles. The molecule has 6 nitrogen and oxygen atoms in total. The van der Waals surface area contributed by atoms with Crippen LogP contribution in [0, 0.1) is 0 Å². The molecule has 1 aromatic rings. The van der Waals surface area contributed by atoms with Crippen molar-refractivity contribution in [2.45, 2.75) is 70.6 Å². The lowest BCUT2D eigenvalue weighted by molar-refractivity contribution is -0.0729. The zero-order valence-electron chi connectivity index (χ0n) is 17.5. The Labute approximate surface area is 169 Å². The molecule has 1 atom stereocenters. The van der Waals surface area contributed by atoms with Crippen LogP contribution in [0.15, 0.2) is 24.3 Å². The van der Waals surface area contributed by atoms with Crippen LogP contribution in [-0.4, -0.2) is 54.9 Å². The lowest BCUT2D eigenvalue weighted by Gasteiger charge is -2.41. The molecule has 3 rings (SSSR count). The first-order valence-electron chi connectivity index (χ1n) is 10.6. The van der Waals surface area contributed by atoms with E-state index in [1.54, 1.807) is 0 Å². The topological polar surface area (TPSA) is 62.8 Å². The van der Waals surface area contributed by atoms with Gasteiger partial charge in [-0.05, 0) is 57.9 Å². The number of nitrogens with one attached hydrogen (secondary N) is 2. The summed E-state index contributed by atoms with van der Waals surface area (Å²) in [5.74, 6) is 0.787. The molecule has 6 heteroatoms. The summed E-state index contributed by atoms with van der Waals surface area (Å²) < 4.78 is 11.7. The van der Waals surface area contributed by atoms with Gasteiger partial charge in [-0.1, -0.05) is 19.3 Å². The summed E-state index contributed by atoms with van der Waals surface area (Å²) in [7, 11) is 0. The maximum Gasteiger partial charge on any atom is 0.319 e. The summed E-state index contributed by atoms with van der Waals surface area (Å²) in [5, 5.41) is 5.97. The van der Waals surface area contributed by atoms with Crippen molar-refractivity contribution in [2.75, 3.05) is 31.6 Å². The Bertz CT molecular complexity index is 621. The zero-order valence-corrected chi connectivity index (χ0v) is 17.5. The van der Waals surface area contributed by atoms with Crippen molar-refractivity contribution in [1.29, 1.82) is 0 Å². The van der Waals surface area contributed by atoms with Gasteiger partial charge in [0.05, 0.1) is 6.61 Å². The van der Waals surface area contributed by atoms with E-state index in [2.05, 4.69) is 36.3 Å². The summed E-state index contributed by atoms with van der Waals surface area (Å²) in [6.07, 6.45) is 5.92. The van der Waals surface area contributed by atoms with Crippen LogP contribution in [0.25, 0.3) is 0 Å². The molecule has 2 amide bonds. The van der Waals surface area contributed by atoms with Gasteiger partial charge in [0, 0.05) is 30.4 Å². The van der Waals surface area contributed by atoms with Crippen molar-refractivity contribution in [3.05, 3.63) is 24.3 Å². The van der Waals surface area contributed by atoms with E-state index in [9.17, 15) is 4.79 Å². The highest BCUT2D eigenvalue weighted by Gasteiger charge is 2.28. The number of nitrogens with zero attached hydrogens (tertiary/aromatic N) is 1. The van der Waals surface area contributed by atoms with Crippen LogP contribution < -0.4 is 15.4 Å². The van der Waals surface area contributed by atoms with Gasteiger partial charge >= 0.3 is 6.03 Å². The molecule has 0 aromatic heterocycles. The number of carbonyl (C=O) groups is 1. The van der Waals surface area contributed by atoms with Crippen LogP contribution in [0.2, 0.25) is 0 Å². The van der Waals surface area contributed by atoms with E-state index in [1.807, 2.05) is 24.3 Å². The molecule has 2 fully saturated rings. The predicted molar refractivity (Wildman–Crippen MR) is 112 cm³/mol. The summed E-state index contributed by atoms with van der Waals surface area (Å²) in [5.41, 5.74) is 0.918. The average molecular weight is 390 g/mol. The number of urea groups is 1. The molecule has 1 saturated heterocycles. The number of carbonyl (C=O) groups excluding carboxylic acids is 1. The highest BCUT2D eigenvalue weighted by Crippen LogP contribution is 2.20. The Morgan fingerprint density at radius 3 is 2.57 bits per heavy atom. The first kappa shape index (κ1) is 20.9. The van der Waals surface area contributed by atoms with Crippen LogP contribution in [-0.2, 0) is 4.74 Å². The van der Waals surface area contributed by atoms with E-state index in [-0.39, 0.29) is 17.7 Å². The predicted octanol–water partition coefficient (Wildman–Crippen LogP) is 4.02. The number of hydrogen-bond acceptors (Lipinski definition) is 4. The van der Waals surface area contributed by atoms with Gasteiger partial charge in [-0.25, -0.2) is 4.79 Å². The van der Waals surface area contributed by atoms with Crippen molar-refractivity contribution in [1.82, 2.24) is 10.2 Å². The Kier molecular flexibility index (Phi) is 7.18. The van der Waals surface area contributed by atoms with E-state index in [4.69, 9.17) is 9.47 Å². The SMILES string of the molecule is CC(C)(C)N1CCOC(COc2ccc(NC(=O)NC3CCCCC3)cc2)C1. The minimum Gasteiger partial charge on any atom is -0.491 e. The molecule has 0 spiro atoms. The van der Waals surface area contributed by atoms with Gasteiger partial charge in [0.1, 0.15) is 18.5 Å². The minimum absolute atomic E-state index is 0.0760. The molecule has 1 saturated carbocycles. The lowest BCUT2D eigenvalue weighted by Crippen LogP contribution is -2.52. The van der Waals surface area contributed by atoms with Gasteiger partial charge in [0.25, 0.3) is 0 Å². The molecular weight excluding hydrogens is 354 g/mol. The van der Waals surface area contributed by atoms with Crippen LogP contribution in [0.3, 0.4) is 0 Å². The number of rotatable bonds is 5. The number of anilines is 1. The standard InChI is InChI=1S/C22H35N3O3/c1-22(2,3)25-13-14-27-20(15-25)16-28-19-11-9-18(10-12-19)24-21(26)23-17-7-5-4-6-8-17/h9-12,17,20H,4-8,13-16H2,1-3H3,(H2,23,24,26). The fourth-order valence-electron chi connectivity index (χ4n) is 3.85. The Balaban J connectivity index is 1.42. The molecule has 2 aliphatic rings. The molecule has 0 radical (unpaired) electrons. The van der Waals surface area contributed by atoms with Crippen LogP contribution in [0.4, 0.5) is 10.5 Å². The maximum atomic E-state index is 12.1. The molecule has 1 unspecified atom stereocenters. The van der Waals surface area contributed by atoms with E-state index < -0.39 is 0 Å². The van der Waals surface area contributed by atoms with Crippen molar-refractivity contribution < 1.29 is 14.3 Å². The third-order valence-electron chi connectivity index (χ3n) is 5.58. The summed E-state index contributed by atoms with van der Waals surface area (Å²) in [6.45, 7) is 9.80. The second-order valence-electron chi connectivity index (χ2n) is 8.88. The third kappa shape index (κ3) is 6.38. The molecule has 2 N–H and O–H groups in total. The van der Waals surface area contributed by atoms with E-state index in [0.717, 1.165) is 44.0 Å². The fourth-order valence-corrected chi connectivity index (χ4v) is 3.85. The Morgan fingerprint density at radius 2 is 1.89 bits per heavy atom. The van der Waals surface area contributed by atoms with Crippen LogP contribution >= 0.6 is 0 Å². The van der Waals surface area contributed by atoms with Crippen molar-refractivity contribution in [3.63, 3.8) is 0 Å². The molecule has 1 aliphatic carbocycles. The van der Waals surface area contributed by atoms with Gasteiger partial charge in [-0.15, -0.1) is 0 Å². The molecule has 1 aromatic carbocycles. The van der Waals surface area contributed by atoms with Gasteiger partial charge in [-0.2, -0.15) is 0 Å². The largest absolute Gasteiger partial charge is 0.491 e. The minimum atomic E-state index is -0.126. The first-order valence-corrected chi connectivity index (χ1v) is 10.6. The number of benzene rings is 1. The summed E-state index contributed by atoms with van der Waals surface area (Å²) in [4.78, 5) is 14.6. The second kappa shape index (κ2) is 9.61. The Morgan fingerprint density at radius 1 is 1.18 bits per heavy atom. The highest BCUT2D eigenvalue weighted by atomic mass is 16.5. The number of amides is 2. The van der Waals surface area contributed by atoms with Gasteiger partial charge in [-0.3, -0.25) is 4.90 Å². The summed E-state index contributed by atoms with van der Waals surface area (Å²) >= 11 is 0. The Hall–Kier alpha value is -1.79. The van der Waals surface area contributed by atoms with E-state index >= 15 is 0 Å². The molecule has 1 aliphatic heterocycles. The smallest absolute Gasteiger partial charge is 0.319 e. The van der Waals surface area contributed by atoms with Crippen molar-refractivity contribution >= 4 is 11.7 Å². The molecular formula is C22H35N3O3. The number of ether oxygens (including phenoxy) is 2. The van der Waals surface area contributed by atoms with Gasteiger partial charge in [0.15, 0.2) is 0 Å². The van der Waals surface area contributed by atoms with Crippen molar-refractivity contribution in [3.8, 4) is 5.75 Å². The molecule has 0 bridgehead atoms. The van der Waals surface area contributed by atoms with E-state index in [0.29, 0.717) is 12.6 Å². The highest BCUT2D eigenvalue weighted by molar-refractivity contribution is 5.89. The molecule has 156 valence electrons. The van der Waals surface area contributed by atoms with E-state index in [1.165, 1.54) is 19.3 Å². The third-order valence-corrected chi connectivity index (χ3v) is 5.58. The average Bonchev–Trinajstić information content (AvgIpc) is 2.68. The number of hydrogen-bond donors (Lipinski definition) is 2. The summed E-state index contributed by atoms with van der Waals surface area (Å²) in [6, 6.07) is 7.71. The lowest BCUT2D eigenvalue weighted by atomic mass is 9.96. The fraction of sp³-hybridized carbons (Fsp3) is 0.682. The number of morpholine rings is 1. The zero-order chi connectivity index (χ0) is 20.0. The van der Waals surface area contributed by atoms with Gasteiger partial charge < -0.3 is 20.1 Å². The monoisotopic (exact) mass is 389 g/mol.